The van der Waals surface area contributed by atoms with Crippen LogP contribution in [0.2, 0.25) is 0 Å². The van der Waals surface area contributed by atoms with E-state index in [9.17, 15) is 0 Å². The van der Waals surface area contributed by atoms with E-state index in [0.717, 1.165) is 12.1 Å². The predicted molar refractivity (Wildman–Crippen MR) is 102 cm³/mol. The van der Waals surface area contributed by atoms with Crippen molar-refractivity contribution in [2.75, 3.05) is 0 Å². The first kappa shape index (κ1) is 14.6. The molecule has 0 aliphatic rings. The minimum atomic E-state index is 1.01. The Balaban J connectivity index is 2.01. The number of rotatable bonds is 3. The van der Waals surface area contributed by atoms with Crippen LogP contribution in [0.1, 0.15) is 12.5 Å². The fourth-order valence-corrected chi connectivity index (χ4v) is 3.31. The molecule has 1 heteroatoms. The maximum Gasteiger partial charge on any atom is 0.0783 e. The van der Waals surface area contributed by atoms with E-state index in [1.807, 2.05) is 12.3 Å². The third kappa shape index (κ3) is 2.48. The van der Waals surface area contributed by atoms with Gasteiger partial charge in [0.25, 0.3) is 0 Å². The summed E-state index contributed by atoms with van der Waals surface area (Å²) >= 11 is 0. The van der Waals surface area contributed by atoms with Gasteiger partial charge in [0.2, 0.25) is 0 Å². The van der Waals surface area contributed by atoms with Crippen LogP contribution in [0, 0.1) is 0 Å². The number of nitrogens with zero attached hydrogens (tertiary/aromatic N) is 1. The van der Waals surface area contributed by atoms with E-state index in [4.69, 9.17) is 4.98 Å². The topological polar surface area (TPSA) is 12.9 Å². The zero-order chi connectivity index (χ0) is 16.4. The Hall–Kier alpha value is -2.93. The molecule has 116 valence electrons. The molecular weight excluding hydrogens is 290 g/mol. The molecule has 24 heavy (non-hydrogen) atoms. The second-order valence-corrected chi connectivity index (χ2v) is 5.94. The third-order valence-corrected chi connectivity index (χ3v) is 4.53. The normalized spacial score (nSPS) is 10.9. The largest absolute Gasteiger partial charge is 0.255 e. The van der Waals surface area contributed by atoms with Crippen molar-refractivity contribution < 1.29 is 0 Å². The number of fused-ring (bicyclic) bond motifs is 1. The highest BCUT2D eigenvalue weighted by Gasteiger charge is 2.12. The molecule has 0 saturated carbocycles. The van der Waals surface area contributed by atoms with Crippen molar-refractivity contribution in [2.45, 2.75) is 13.3 Å². The molecule has 0 unspecified atom stereocenters. The van der Waals surface area contributed by atoms with Crippen LogP contribution in [0.5, 0.6) is 0 Å². The van der Waals surface area contributed by atoms with Crippen molar-refractivity contribution in [1.82, 2.24) is 4.98 Å². The number of benzene rings is 3. The third-order valence-electron chi connectivity index (χ3n) is 4.53. The molecule has 0 fully saturated rings. The Bertz CT molecular complexity index is 987. The van der Waals surface area contributed by atoms with Crippen molar-refractivity contribution >= 4 is 10.8 Å². The van der Waals surface area contributed by atoms with Crippen LogP contribution in [-0.4, -0.2) is 4.98 Å². The summed E-state index contributed by atoms with van der Waals surface area (Å²) in [5.74, 6) is 0. The predicted octanol–water partition coefficient (Wildman–Crippen LogP) is 6.13. The minimum absolute atomic E-state index is 1.01. The quantitative estimate of drug-likeness (QED) is 0.443. The van der Waals surface area contributed by atoms with E-state index in [1.54, 1.807) is 0 Å². The van der Waals surface area contributed by atoms with Crippen molar-refractivity contribution in [3.63, 3.8) is 0 Å². The average molecular weight is 309 g/mol. The van der Waals surface area contributed by atoms with E-state index in [1.165, 1.54) is 33.0 Å². The van der Waals surface area contributed by atoms with Crippen LogP contribution in [0.25, 0.3) is 33.2 Å². The smallest absolute Gasteiger partial charge is 0.0783 e. The number of pyridine rings is 1. The lowest BCUT2D eigenvalue weighted by Crippen LogP contribution is -1.93. The summed E-state index contributed by atoms with van der Waals surface area (Å²) < 4.78 is 0. The van der Waals surface area contributed by atoms with E-state index in [-0.39, 0.29) is 0 Å². The highest BCUT2D eigenvalue weighted by atomic mass is 14.7. The fourth-order valence-electron chi connectivity index (χ4n) is 3.31. The van der Waals surface area contributed by atoms with Gasteiger partial charge in [0.05, 0.1) is 5.69 Å². The SMILES string of the molecule is CCc1ccccc1-c1ncc(-c2ccccc2)c2ccccc12. The van der Waals surface area contributed by atoms with Crippen molar-refractivity contribution in [3.8, 4) is 22.4 Å². The summed E-state index contributed by atoms with van der Waals surface area (Å²) in [7, 11) is 0. The van der Waals surface area contributed by atoms with Gasteiger partial charge in [-0.2, -0.15) is 0 Å². The van der Waals surface area contributed by atoms with E-state index < -0.39 is 0 Å². The first-order chi connectivity index (χ1) is 11.9. The van der Waals surface area contributed by atoms with Gasteiger partial charge >= 0.3 is 0 Å². The van der Waals surface area contributed by atoms with E-state index in [2.05, 4.69) is 79.7 Å². The molecule has 0 spiro atoms. The van der Waals surface area contributed by atoms with Gasteiger partial charge in [-0.15, -0.1) is 0 Å². The zero-order valence-corrected chi connectivity index (χ0v) is 13.7. The Morgan fingerprint density at radius 2 is 1.33 bits per heavy atom. The maximum absolute atomic E-state index is 4.86. The highest BCUT2D eigenvalue weighted by molar-refractivity contribution is 6.03. The van der Waals surface area contributed by atoms with Gasteiger partial charge in [0, 0.05) is 22.7 Å². The molecule has 0 bridgehead atoms. The van der Waals surface area contributed by atoms with Crippen molar-refractivity contribution in [3.05, 3.63) is 90.6 Å². The Labute approximate surface area is 142 Å². The lowest BCUT2D eigenvalue weighted by atomic mass is 9.94. The minimum Gasteiger partial charge on any atom is -0.255 e. The molecule has 1 aromatic heterocycles. The Morgan fingerprint density at radius 1 is 0.667 bits per heavy atom. The maximum atomic E-state index is 4.86. The molecule has 0 aliphatic carbocycles. The summed E-state index contributed by atoms with van der Waals surface area (Å²) in [6, 6.07) is 27.6. The van der Waals surface area contributed by atoms with E-state index in [0.29, 0.717) is 0 Å². The standard InChI is InChI=1S/C23H19N/c1-2-17-10-6-7-13-19(17)23-21-15-9-8-14-20(21)22(16-24-23)18-11-4-3-5-12-18/h3-16H,2H2,1H3. The molecule has 0 aliphatic heterocycles. The monoisotopic (exact) mass is 309 g/mol. The molecule has 4 rings (SSSR count). The molecule has 3 aromatic carbocycles. The molecular formula is C23H19N. The second-order valence-electron chi connectivity index (χ2n) is 5.94. The van der Waals surface area contributed by atoms with Gasteiger partial charge in [0.1, 0.15) is 0 Å². The molecule has 0 saturated heterocycles. The zero-order valence-electron chi connectivity index (χ0n) is 13.7. The van der Waals surface area contributed by atoms with Crippen LogP contribution >= 0.6 is 0 Å². The number of aryl methyl sites for hydroxylation is 1. The Morgan fingerprint density at radius 3 is 2.12 bits per heavy atom. The van der Waals surface area contributed by atoms with Gasteiger partial charge in [0.15, 0.2) is 0 Å². The summed E-state index contributed by atoms with van der Waals surface area (Å²) in [6.45, 7) is 2.19. The highest BCUT2D eigenvalue weighted by Crippen LogP contribution is 2.34. The molecule has 0 N–H and O–H groups in total. The van der Waals surface area contributed by atoms with Gasteiger partial charge < -0.3 is 0 Å². The van der Waals surface area contributed by atoms with Crippen LogP contribution in [0.4, 0.5) is 0 Å². The first-order valence-corrected chi connectivity index (χ1v) is 8.40. The number of aromatic nitrogens is 1. The van der Waals surface area contributed by atoms with Gasteiger partial charge in [-0.1, -0.05) is 85.8 Å². The first-order valence-electron chi connectivity index (χ1n) is 8.40. The molecule has 0 amide bonds. The molecule has 4 aromatic rings. The fraction of sp³-hybridized carbons (Fsp3) is 0.0870. The van der Waals surface area contributed by atoms with E-state index >= 15 is 0 Å². The molecule has 1 nitrogen and oxygen atoms in total. The van der Waals surface area contributed by atoms with Crippen LogP contribution in [-0.2, 0) is 6.42 Å². The van der Waals surface area contributed by atoms with Crippen molar-refractivity contribution in [2.24, 2.45) is 0 Å². The molecule has 1 heterocycles. The van der Waals surface area contributed by atoms with Crippen molar-refractivity contribution in [1.29, 1.82) is 0 Å². The molecule has 0 radical (unpaired) electrons. The molecule has 0 atom stereocenters. The van der Waals surface area contributed by atoms with Gasteiger partial charge in [-0.3, -0.25) is 4.98 Å². The summed E-state index contributed by atoms with van der Waals surface area (Å²) in [4.78, 5) is 4.86. The average Bonchev–Trinajstić information content (AvgIpc) is 2.68. The lowest BCUT2D eigenvalue weighted by Gasteiger charge is -2.13. The lowest BCUT2D eigenvalue weighted by molar-refractivity contribution is 1.14. The van der Waals surface area contributed by atoms with Gasteiger partial charge in [-0.05, 0) is 22.9 Å². The summed E-state index contributed by atoms with van der Waals surface area (Å²) in [5, 5.41) is 2.46. The van der Waals surface area contributed by atoms with Gasteiger partial charge in [-0.25, -0.2) is 0 Å². The Kier molecular flexibility index (Phi) is 3.84. The summed E-state index contributed by atoms with van der Waals surface area (Å²) in [5.41, 5.74) is 6.03. The van der Waals surface area contributed by atoms with Crippen LogP contribution < -0.4 is 0 Å². The second kappa shape index (κ2) is 6.29. The number of hydrogen-bond acceptors (Lipinski definition) is 1. The number of hydrogen-bond donors (Lipinski definition) is 0. The van der Waals surface area contributed by atoms with Crippen LogP contribution in [0.3, 0.4) is 0 Å². The summed E-state index contributed by atoms with van der Waals surface area (Å²) in [6.07, 6.45) is 3.02. The van der Waals surface area contributed by atoms with Crippen LogP contribution in [0.15, 0.2) is 85.1 Å².